The summed E-state index contributed by atoms with van der Waals surface area (Å²) in [6, 6.07) is 19.5. The predicted octanol–water partition coefficient (Wildman–Crippen LogP) is 1.48. The summed E-state index contributed by atoms with van der Waals surface area (Å²) in [7, 11) is 0. The van der Waals surface area contributed by atoms with E-state index < -0.39 is 0 Å². The van der Waals surface area contributed by atoms with Gasteiger partial charge >= 0.3 is 0 Å². The minimum absolute atomic E-state index is 0.0487. The Kier molecular flexibility index (Phi) is 6.25. The van der Waals surface area contributed by atoms with Crippen LogP contribution in [0.1, 0.15) is 22.5 Å². The zero-order valence-electron chi connectivity index (χ0n) is 16.7. The van der Waals surface area contributed by atoms with Crippen LogP contribution in [0.5, 0.6) is 5.75 Å². The van der Waals surface area contributed by atoms with E-state index in [4.69, 9.17) is 9.15 Å². The van der Waals surface area contributed by atoms with Gasteiger partial charge < -0.3 is 19.4 Å². The van der Waals surface area contributed by atoms with Crippen molar-refractivity contribution in [1.29, 1.82) is 0 Å². The van der Waals surface area contributed by atoms with Crippen molar-refractivity contribution in [1.82, 2.24) is 5.32 Å². The number of nitrogens with one attached hydrogen (secondary N) is 2. The van der Waals surface area contributed by atoms with Gasteiger partial charge in [0.1, 0.15) is 19.4 Å². The van der Waals surface area contributed by atoms with E-state index >= 15 is 0 Å². The van der Waals surface area contributed by atoms with Crippen LogP contribution in [0.4, 0.5) is 0 Å². The molecule has 154 valence electrons. The number of benzene rings is 2. The van der Waals surface area contributed by atoms with Gasteiger partial charge in [-0.2, -0.15) is 0 Å². The first-order valence-corrected chi connectivity index (χ1v) is 10.1. The Morgan fingerprint density at radius 1 is 1.07 bits per heavy atom. The fraction of sp³-hybridized carbons (Fsp3) is 0.250. The quantitative estimate of drug-likeness (QED) is 0.625. The average Bonchev–Trinajstić information content (AvgIpc) is 2.78. The van der Waals surface area contributed by atoms with Crippen molar-refractivity contribution in [2.24, 2.45) is 0 Å². The van der Waals surface area contributed by atoms with Crippen LogP contribution in [0.15, 0.2) is 76.1 Å². The summed E-state index contributed by atoms with van der Waals surface area (Å²) in [5.74, 6) is 0.376. The number of carbonyl (C=O) groups excluding carboxylic acids is 1. The second kappa shape index (κ2) is 9.41. The smallest absolute Gasteiger partial charge is 0.258 e. The first-order chi connectivity index (χ1) is 14.7. The first-order valence-electron chi connectivity index (χ1n) is 10.1. The van der Waals surface area contributed by atoms with Crippen LogP contribution in [0, 0.1) is 0 Å². The molecule has 0 saturated carbocycles. The molecule has 3 aromatic rings. The van der Waals surface area contributed by atoms with Gasteiger partial charge in [0.2, 0.25) is 11.2 Å². The number of hydrogen-bond donors (Lipinski definition) is 2. The number of ether oxygens (including phenoxy) is 1. The molecule has 1 aliphatic rings. The maximum Gasteiger partial charge on any atom is 0.258 e. The van der Waals surface area contributed by atoms with E-state index in [1.54, 1.807) is 0 Å². The molecule has 6 heteroatoms. The fourth-order valence-corrected chi connectivity index (χ4v) is 3.67. The Labute approximate surface area is 175 Å². The van der Waals surface area contributed by atoms with E-state index in [-0.39, 0.29) is 23.7 Å². The summed E-state index contributed by atoms with van der Waals surface area (Å²) in [5, 5.41) is 2.76. The lowest BCUT2D eigenvalue weighted by Gasteiger charge is -2.25. The molecule has 2 N–H and O–H groups in total. The molecule has 6 nitrogen and oxygen atoms in total. The summed E-state index contributed by atoms with van der Waals surface area (Å²) in [5.41, 5.74) is 3.47. The van der Waals surface area contributed by atoms with Crippen molar-refractivity contribution in [3.63, 3.8) is 0 Å². The molecule has 0 bridgehead atoms. The molecule has 0 radical (unpaired) electrons. The number of rotatable bonds is 7. The second-order valence-electron chi connectivity index (χ2n) is 7.50. The van der Waals surface area contributed by atoms with Gasteiger partial charge in [0.05, 0.1) is 6.54 Å². The standard InChI is InChI=1S/C24H24N2O4/c27-22-12-21(15-26-11-10-19-8-4-5-9-20(19)14-26)29-16-23(22)30-17-24(28)25-13-18-6-2-1-3-7-18/h1-9,12,16H,10-11,13-15,17H2,(H,25,28)/p+1. The molecule has 1 aromatic heterocycles. The van der Waals surface area contributed by atoms with E-state index in [0.29, 0.717) is 18.8 Å². The third-order valence-electron chi connectivity index (χ3n) is 5.27. The third kappa shape index (κ3) is 5.15. The molecule has 4 rings (SSSR count). The summed E-state index contributed by atoms with van der Waals surface area (Å²) in [6.07, 6.45) is 2.33. The number of amides is 1. The monoisotopic (exact) mass is 405 g/mol. The van der Waals surface area contributed by atoms with Gasteiger partial charge in [0.15, 0.2) is 12.4 Å². The highest BCUT2D eigenvalue weighted by Gasteiger charge is 2.20. The van der Waals surface area contributed by atoms with Gasteiger partial charge in [-0.15, -0.1) is 0 Å². The van der Waals surface area contributed by atoms with Crippen LogP contribution in [0.2, 0.25) is 0 Å². The van der Waals surface area contributed by atoms with Crippen LogP contribution in [0.25, 0.3) is 0 Å². The summed E-state index contributed by atoms with van der Waals surface area (Å²) in [6.45, 7) is 2.74. The molecular formula is C24H25N2O4+. The minimum atomic E-state index is -0.293. The lowest BCUT2D eigenvalue weighted by molar-refractivity contribution is -0.930. The maximum absolute atomic E-state index is 12.3. The molecule has 1 aliphatic heterocycles. The van der Waals surface area contributed by atoms with Crippen LogP contribution in [-0.4, -0.2) is 19.1 Å². The van der Waals surface area contributed by atoms with Crippen LogP contribution >= 0.6 is 0 Å². The van der Waals surface area contributed by atoms with Gasteiger partial charge in [0, 0.05) is 24.6 Å². The highest BCUT2D eigenvalue weighted by atomic mass is 16.5. The van der Waals surface area contributed by atoms with Crippen molar-refractivity contribution in [2.75, 3.05) is 13.2 Å². The zero-order chi connectivity index (χ0) is 20.8. The van der Waals surface area contributed by atoms with E-state index in [2.05, 4.69) is 29.6 Å². The molecule has 0 saturated heterocycles. The Hall–Kier alpha value is -3.38. The van der Waals surface area contributed by atoms with Gasteiger partial charge in [-0.3, -0.25) is 9.59 Å². The summed E-state index contributed by atoms with van der Waals surface area (Å²) in [4.78, 5) is 25.7. The third-order valence-corrected chi connectivity index (χ3v) is 5.27. The van der Waals surface area contributed by atoms with E-state index in [1.807, 2.05) is 30.3 Å². The number of quaternary nitrogens is 1. The van der Waals surface area contributed by atoms with E-state index in [9.17, 15) is 9.59 Å². The topological polar surface area (TPSA) is 73.0 Å². The molecular weight excluding hydrogens is 380 g/mol. The SMILES string of the molecule is O=C(COc1coc(C[NH+]2CCc3ccccc3C2)cc1=O)NCc1ccccc1. The first kappa shape index (κ1) is 19.9. The Morgan fingerprint density at radius 2 is 1.83 bits per heavy atom. The van der Waals surface area contributed by atoms with Gasteiger partial charge in [-0.25, -0.2) is 0 Å². The Morgan fingerprint density at radius 3 is 2.63 bits per heavy atom. The molecule has 2 heterocycles. The minimum Gasteiger partial charge on any atom is -0.477 e. The van der Waals surface area contributed by atoms with E-state index in [1.165, 1.54) is 28.4 Å². The lowest BCUT2D eigenvalue weighted by atomic mass is 10.00. The molecule has 1 unspecified atom stereocenters. The van der Waals surface area contributed by atoms with Crippen molar-refractivity contribution in [3.05, 3.63) is 99.6 Å². The molecule has 0 fully saturated rings. The van der Waals surface area contributed by atoms with Crippen molar-refractivity contribution in [3.8, 4) is 5.75 Å². The Bertz CT molecular complexity index is 1060. The maximum atomic E-state index is 12.3. The van der Waals surface area contributed by atoms with Gasteiger partial charge in [0.25, 0.3) is 5.91 Å². The lowest BCUT2D eigenvalue weighted by Crippen LogP contribution is -3.10. The van der Waals surface area contributed by atoms with Crippen LogP contribution in [-0.2, 0) is 30.8 Å². The van der Waals surface area contributed by atoms with Crippen molar-refractivity contribution < 1.29 is 18.8 Å². The molecule has 1 amide bonds. The molecule has 30 heavy (non-hydrogen) atoms. The number of fused-ring (bicyclic) bond motifs is 1. The largest absolute Gasteiger partial charge is 0.477 e. The van der Waals surface area contributed by atoms with Crippen molar-refractivity contribution >= 4 is 5.91 Å². The second-order valence-corrected chi connectivity index (χ2v) is 7.50. The predicted molar refractivity (Wildman–Crippen MR) is 112 cm³/mol. The molecule has 2 aromatic carbocycles. The molecule has 0 spiro atoms. The normalized spacial score (nSPS) is 15.3. The zero-order valence-corrected chi connectivity index (χ0v) is 16.7. The highest BCUT2D eigenvalue weighted by molar-refractivity contribution is 5.77. The van der Waals surface area contributed by atoms with Crippen LogP contribution < -0.4 is 20.4 Å². The molecule has 0 aliphatic carbocycles. The van der Waals surface area contributed by atoms with Crippen LogP contribution in [0.3, 0.4) is 0 Å². The van der Waals surface area contributed by atoms with Gasteiger partial charge in [-0.1, -0.05) is 54.6 Å². The fourth-order valence-electron chi connectivity index (χ4n) is 3.67. The number of carbonyl (C=O) groups is 1. The van der Waals surface area contributed by atoms with E-state index in [0.717, 1.165) is 25.1 Å². The van der Waals surface area contributed by atoms with Gasteiger partial charge in [-0.05, 0) is 11.1 Å². The summed E-state index contributed by atoms with van der Waals surface area (Å²) < 4.78 is 11.0. The van der Waals surface area contributed by atoms with Crippen molar-refractivity contribution in [2.45, 2.75) is 26.1 Å². The average molecular weight is 405 g/mol. The number of hydrogen-bond acceptors (Lipinski definition) is 4. The molecule has 1 atom stereocenters. The highest BCUT2D eigenvalue weighted by Crippen LogP contribution is 2.11. The Balaban J connectivity index is 1.28. The summed E-state index contributed by atoms with van der Waals surface area (Å²) >= 11 is 0.